The second-order valence-corrected chi connectivity index (χ2v) is 14.2. The first-order chi connectivity index (χ1) is 27.3. The van der Waals surface area contributed by atoms with Crippen molar-refractivity contribution in [3.05, 3.63) is 221 Å². The second-order valence-electron chi connectivity index (χ2n) is 14.2. The number of nitrogens with one attached hydrogen (secondary N) is 2. The van der Waals surface area contributed by atoms with Crippen molar-refractivity contribution in [2.24, 2.45) is 0 Å². The summed E-state index contributed by atoms with van der Waals surface area (Å²) in [4.78, 5) is 15.3. The number of rotatable bonds is 5. The number of hydrogen-bond acceptors (Lipinski definition) is 5. The van der Waals surface area contributed by atoms with Crippen molar-refractivity contribution in [1.29, 1.82) is 0 Å². The van der Waals surface area contributed by atoms with Crippen LogP contribution in [0.15, 0.2) is 188 Å². The minimum atomic E-state index is -0.393. The van der Waals surface area contributed by atoms with Crippen LogP contribution in [0.3, 0.4) is 0 Å². The Hall–Kier alpha value is -7.37. The predicted molar refractivity (Wildman–Crippen MR) is 221 cm³/mol. The second kappa shape index (κ2) is 12.4. The Balaban J connectivity index is 1.02. The van der Waals surface area contributed by atoms with Gasteiger partial charge in [0.05, 0.1) is 16.8 Å². The summed E-state index contributed by atoms with van der Waals surface area (Å²) in [5.74, 6) is 1.90. The maximum atomic E-state index is 5.15. The molecule has 0 fully saturated rings. The topological polar surface area (TPSA) is 62.7 Å². The summed E-state index contributed by atoms with van der Waals surface area (Å²) in [6.07, 6.45) is 4.20. The van der Waals surface area contributed by atoms with E-state index in [0.29, 0.717) is 17.5 Å². The highest BCUT2D eigenvalue weighted by atomic mass is 15.4. The highest BCUT2D eigenvalue weighted by Crippen LogP contribution is 2.62. The van der Waals surface area contributed by atoms with Crippen LogP contribution in [0, 0.1) is 0 Å². The molecule has 5 heteroatoms. The van der Waals surface area contributed by atoms with Gasteiger partial charge in [-0.25, -0.2) is 15.0 Å². The van der Waals surface area contributed by atoms with E-state index >= 15 is 0 Å². The van der Waals surface area contributed by atoms with E-state index in [1.165, 1.54) is 44.5 Å². The van der Waals surface area contributed by atoms with Crippen LogP contribution in [0.4, 0.5) is 0 Å². The molecule has 8 aromatic rings. The third-order valence-corrected chi connectivity index (χ3v) is 11.2. The maximum absolute atomic E-state index is 5.15. The van der Waals surface area contributed by atoms with Gasteiger partial charge in [0.2, 0.25) is 0 Å². The zero-order chi connectivity index (χ0) is 36.3. The van der Waals surface area contributed by atoms with Gasteiger partial charge in [0.25, 0.3) is 0 Å². The molecule has 1 spiro atoms. The molecule has 0 amide bonds. The Kier molecular flexibility index (Phi) is 7.01. The first-order valence-corrected chi connectivity index (χ1v) is 18.6. The molecule has 55 heavy (non-hydrogen) atoms. The first kappa shape index (κ1) is 31.2. The molecule has 0 radical (unpaired) electrons. The van der Waals surface area contributed by atoms with Crippen LogP contribution in [-0.4, -0.2) is 15.0 Å². The molecule has 7 aromatic carbocycles. The lowest BCUT2D eigenvalue weighted by molar-refractivity contribution is 0.794. The third kappa shape index (κ3) is 4.83. The molecule has 0 saturated heterocycles. The number of nitrogens with zero attached hydrogens (tertiary/aromatic N) is 3. The van der Waals surface area contributed by atoms with Crippen molar-refractivity contribution in [2.45, 2.75) is 5.41 Å². The molecule has 0 bridgehead atoms. The molecule has 0 unspecified atom stereocenters. The van der Waals surface area contributed by atoms with Gasteiger partial charge in [-0.15, -0.1) is 0 Å². The summed E-state index contributed by atoms with van der Waals surface area (Å²) >= 11 is 0. The molecule has 258 valence electrons. The standard InChI is InChI=1S/C50H33N5/c1-3-13-32(14-4-1)45-29-30-46(55-54-45)33-23-25-35(26-24-33)48-51-47(34-15-5-2-6-16-34)52-49(53-48)36-27-28-44-40(31-36)39-19-9-12-22-43(39)50(44)41-20-10-7-17-37(41)38-18-8-11-21-42(38)50/h1-31,54-55H. The molecule has 0 saturated carbocycles. The lowest BCUT2D eigenvalue weighted by Crippen LogP contribution is -2.31. The summed E-state index contributed by atoms with van der Waals surface area (Å²) in [6.45, 7) is 0. The molecular weight excluding hydrogens is 671 g/mol. The van der Waals surface area contributed by atoms with Gasteiger partial charge in [-0.3, -0.25) is 0 Å². The number of hydrazine groups is 1. The van der Waals surface area contributed by atoms with Crippen LogP contribution in [0.25, 0.3) is 67.8 Å². The molecule has 11 rings (SSSR count). The van der Waals surface area contributed by atoms with Crippen LogP contribution in [-0.2, 0) is 5.41 Å². The number of allylic oxidation sites excluding steroid dienone is 2. The third-order valence-electron chi connectivity index (χ3n) is 11.2. The van der Waals surface area contributed by atoms with Crippen molar-refractivity contribution in [3.63, 3.8) is 0 Å². The van der Waals surface area contributed by atoms with Gasteiger partial charge in [0.1, 0.15) is 0 Å². The average Bonchev–Trinajstić information content (AvgIpc) is 3.74. The normalized spacial score (nSPS) is 14.1. The molecular formula is C50H33N5. The minimum absolute atomic E-state index is 0.393. The van der Waals surface area contributed by atoms with Crippen molar-refractivity contribution < 1.29 is 0 Å². The summed E-state index contributed by atoms with van der Waals surface area (Å²) in [5.41, 5.74) is 23.6. The first-order valence-electron chi connectivity index (χ1n) is 18.6. The van der Waals surface area contributed by atoms with E-state index in [4.69, 9.17) is 15.0 Å². The van der Waals surface area contributed by atoms with Gasteiger partial charge in [-0.1, -0.05) is 170 Å². The Bertz CT molecular complexity index is 2810. The van der Waals surface area contributed by atoms with Gasteiger partial charge in [0.15, 0.2) is 17.5 Å². The highest BCUT2D eigenvalue weighted by molar-refractivity contribution is 5.96. The van der Waals surface area contributed by atoms with Gasteiger partial charge in [-0.2, -0.15) is 0 Å². The van der Waals surface area contributed by atoms with Crippen LogP contribution in [0.5, 0.6) is 0 Å². The van der Waals surface area contributed by atoms with Crippen molar-refractivity contribution in [1.82, 2.24) is 25.8 Å². The molecule has 1 aromatic heterocycles. The Morgan fingerprint density at radius 2 is 0.673 bits per heavy atom. The SMILES string of the molecule is C1=C(c2ccccc2)NNC(c2ccc(-c3nc(-c4ccccc4)nc(-c4ccc5c(c4)-c4ccccc4C54c5ccccc5-c5ccccc54)n3)cc2)=C1. The largest absolute Gasteiger partial charge is 0.300 e. The monoisotopic (exact) mass is 703 g/mol. The number of fused-ring (bicyclic) bond motifs is 10. The fourth-order valence-electron chi connectivity index (χ4n) is 8.73. The van der Waals surface area contributed by atoms with Crippen LogP contribution >= 0.6 is 0 Å². The van der Waals surface area contributed by atoms with Gasteiger partial charge >= 0.3 is 0 Å². The summed E-state index contributed by atoms with van der Waals surface area (Å²) < 4.78 is 0. The molecule has 2 N–H and O–H groups in total. The lowest BCUT2D eigenvalue weighted by atomic mass is 9.70. The summed E-state index contributed by atoms with van der Waals surface area (Å²) in [5, 5.41) is 0. The van der Waals surface area contributed by atoms with Gasteiger partial charge in [-0.05, 0) is 73.9 Å². The fourth-order valence-corrected chi connectivity index (χ4v) is 8.73. The molecule has 1 aliphatic heterocycles. The zero-order valence-electron chi connectivity index (χ0n) is 29.7. The van der Waals surface area contributed by atoms with E-state index in [9.17, 15) is 0 Å². The van der Waals surface area contributed by atoms with E-state index < -0.39 is 5.41 Å². The van der Waals surface area contributed by atoms with Crippen LogP contribution < -0.4 is 10.9 Å². The Morgan fingerprint density at radius 3 is 1.20 bits per heavy atom. The lowest BCUT2D eigenvalue weighted by Gasteiger charge is -2.30. The molecule has 5 nitrogen and oxygen atoms in total. The predicted octanol–water partition coefficient (Wildman–Crippen LogP) is 10.7. The van der Waals surface area contributed by atoms with E-state index in [0.717, 1.165) is 39.2 Å². The maximum Gasteiger partial charge on any atom is 0.164 e. The van der Waals surface area contributed by atoms with Gasteiger partial charge < -0.3 is 10.9 Å². The van der Waals surface area contributed by atoms with Gasteiger partial charge in [0, 0.05) is 16.7 Å². The van der Waals surface area contributed by atoms with E-state index in [2.05, 4.69) is 163 Å². The minimum Gasteiger partial charge on any atom is -0.300 e. The molecule has 2 heterocycles. The fraction of sp³-hybridized carbons (Fsp3) is 0.0200. The number of hydrogen-bond donors (Lipinski definition) is 2. The van der Waals surface area contributed by atoms with Crippen molar-refractivity contribution in [2.75, 3.05) is 0 Å². The summed E-state index contributed by atoms with van der Waals surface area (Å²) in [6, 6.07) is 62.3. The molecule has 0 atom stereocenters. The average molecular weight is 704 g/mol. The van der Waals surface area contributed by atoms with Crippen molar-refractivity contribution in [3.8, 4) is 56.4 Å². The quantitative estimate of drug-likeness (QED) is 0.187. The molecule has 3 aliphatic rings. The van der Waals surface area contributed by atoms with Crippen LogP contribution in [0.1, 0.15) is 33.4 Å². The number of aromatic nitrogens is 3. The van der Waals surface area contributed by atoms with E-state index in [-0.39, 0.29) is 0 Å². The smallest absolute Gasteiger partial charge is 0.164 e. The van der Waals surface area contributed by atoms with E-state index in [1.54, 1.807) is 0 Å². The summed E-state index contributed by atoms with van der Waals surface area (Å²) in [7, 11) is 0. The van der Waals surface area contributed by atoms with E-state index in [1.807, 2.05) is 36.4 Å². The molecule has 2 aliphatic carbocycles. The van der Waals surface area contributed by atoms with Crippen LogP contribution in [0.2, 0.25) is 0 Å². The Labute approximate surface area is 319 Å². The Morgan fingerprint density at radius 1 is 0.309 bits per heavy atom. The highest BCUT2D eigenvalue weighted by Gasteiger charge is 2.51. The zero-order valence-corrected chi connectivity index (χ0v) is 29.7. The van der Waals surface area contributed by atoms with Crippen molar-refractivity contribution >= 4 is 11.4 Å². The number of benzene rings is 7.